The van der Waals surface area contributed by atoms with Crippen LogP contribution in [0.2, 0.25) is 0 Å². The fraction of sp³-hybridized carbons (Fsp3) is 1.00. The van der Waals surface area contributed by atoms with Gasteiger partial charge in [0.25, 0.3) is 0 Å². The summed E-state index contributed by atoms with van der Waals surface area (Å²) < 4.78 is 0. The molecular formula is C7H19N2OP. The van der Waals surface area contributed by atoms with E-state index in [2.05, 4.69) is 37.9 Å². The number of hydrogen-bond acceptors (Lipinski definition) is 3. The standard InChI is InChI=1S/C7H19N2OP/c1-6(2)9(7(3)4)8-11(5)10/h6-8,10H,1-5H3. The van der Waals surface area contributed by atoms with Crippen molar-refractivity contribution in [1.29, 1.82) is 0 Å². The smallest absolute Gasteiger partial charge is 0.109 e. The fourth-order valence-electron chi connectivity index (χ4n) is 0.994. The fourth-order valence-corrected chi connectivity index (χ4v) is 1.79. The van der Waals surface area contributed by atoms with Crippen molar-refractivity contribution in [3.63, 3.8) is 0 Å². The number of hydrogen-bond donors (Lipinski definition) is 2. The van der Waals surface area contributed by atoms with E-state index >= 15 is 0 Å². The van der Waals surface area contributed by atoms with E-state index in [1.165, 1.54) is 0 Å². The predicted molar refractivity (Wildman–Crippen MR) is 50.3 cm³/mol. The van der Waals surface area contributed by atoms with Crippen LogP contribution in [0.15, 0.2) is 0 Å². The van der Waals surface area contributed by atoms with Gasteiger partial charge in [-0.25, -0.2) is 10.2 Å². The minimum Gasteiger partial charge on any atom is -0.358 e. The predicted octanol–water partition coefficient (Wildman–Crippen LogP) is 1.54. The Kier molecular flexibility index (Phi) is 5.19. The molecule has 0 amide bonds. The van der Waals surface area contributed by atoms with E-state index in [0.29, 0.717) is 12.1 Å². The van der Waals surface area contributed by atoms with Gasteiger partial charge in [0.2, 0.25) is 0 Å². The molecule has 0 fully saturated rings. The van der Waals surface area contributed by atoms with Crippen LogP contribution in [0.5, 0.6) is 0 Å². The Morgan fingerprint density at radius 3 is 1.64 bits per heavy atom. The molecule has 0 aromatic rings. The molecule has 0 rings (SSSR count). The Bertz CT molecular complexity index is 98.6. The van der Waals surface area contributed by atoms with Crippen molar-refractivity contribution >= 4 is 8.30 Å². The maximum atomic E-state index is 9.13. The van der Waals surface area contributed by atoms with Crippen LogP contribution < -0.4 is 5.20 Å². The maximum absolute atomic E-state index is 9.13. The normalized spacial score (nSPS) is 15.0. The molecular weight excluding hydrogens is 159 g/mol. The average Bonchev–Trinajstić information content (AvgIpc) is 1.81. The first-order chi connectivity index (χ1) is 4.95. The molecule has 0 saturated carbocycles. The summed E-state index contributed by atoms with van der Waals surface area (Å²) >= 11 is 0. The van der Waals surface area contributed by atoms with E-state index in [-0.39, 0.29) is 0 Å². The highest BCUT2D eigenvalue weighted by Gasteiger charge is 2.13. The zero-order valence-corrected chi connectivity index (χ0v) is 8.89. The van der Waals surface area contributed by atoms with Crippen LogP contribution in [0.3, 0.4) is 0 Å². The van der Waals surface area contributed by atoms with Gasteiger partial charge < -0.3 is 4.89 Å². The first kappa shape index (κ1) is 11.3. The van der Waals surface area contributed by atoms with Crippen LogP contribution in [0.4, 0.5) is 0 Å². The summed E-state index contributed by atoms with van der Waals surface area (Å²) in [5.41, 5.74) is 0. The highest BCUT2D eigenvalue weighted by atomic mass is 31.2. The lowest BCUT2D eigenvalue weighted by Gasteiger charge is -2.31. The Morgan fingerprint density at radius 1 is 1.18 bits per heavy atom. The zero-order valence-electron chi connectivity index (χ0n) is 8.00. The van der Waals surface area contributed by atoms with Crippen molar-refractivity contribution in [3.8, 4) is 0 Å². The molecule has 0 radical (unpaired) electrons. The van der Waals surface area contributed by atoms with Gasteiger partial charge in [0.15, 0.2) is 0 Å². The van der Waals surface area contributed by atoms with Gasteiger partial charge in [0, 0.05) is 12.1 Å². The minimum atomic E-state index is -1.03. The molecule has 0 heterocycles. The summed E-state index contributed by atoms with van der Waals surface area (Å²) in [5, 5.41) is 5.09. The average molecular weight is 178 g/mol. The van der Waals surface area contributed by atoms with Crippen LogP contribution in [0.1, 0.15) is 27.7 Å². The molecule has 1 unspecified atom stereocenters. The molecule has 3 nitrogen and oxygen atoms in total. The zero-order chi connectivity index (χ0) is 9.02. The van der Waals surface area contributed by atoms with Crippen LogP contribution in [-0.2, 0) is 0 Å². The monoisotopic (exact) mass is 178 g/mol. The van der Waals surface area contributed by atoms with E-state index < -0.39 is 8.30 Å². The second-order valence-corrected chi connectivity index (χ2v) is 4.47. The molecule has 0 aliphatic heterocycles. The van der Waals surface area contributed by atoms with E-state index in [9.17, 15) is 0 Å². The van der Waals surface area contributed by atoms with Gasteiger partial charge >= 0.3 is 0 Å². The number of rotatable bonds is 4. The van der Waals surface area contributed by atoms with Gasteiger partial charge in [-0.3, -0.25) is 0 Å². The molecule has 11 heavy (non-hydrogen) atoms. The molecule has 0 bridgehead atoms. The Morgan fingerprint density at radius 2 is 1.55 bits per heavy atom. The topological polar surface area (TPSA) is 35.5 Å². The Balaban J connectivity index is 3.90. The quantitative estimate of drug-likeness (QED) is 0.506. The number of nitrogens with one attached hydrogen (secondary N) is 1. The first-order valence-electron chi connectivity index (χ1n) is 3.92. The molecule has 4 heteroatoms. The molecule has 0 aromatic carbocycles. The second kappa shape index (κ2) is 5.04. The lowest BCUT2D eigenvalue weighted by molar-refractivity contribution is 0.144. The van der Waals surface area contributed by atoms with Gasteiger partial charge in [-0.2, -0.15) is 0 Å². The van der Waals surface area contributed by atoms with Gasteiger partial charge in [-0.05, 0) is 34.4 Å². The van der Waals surface area contributed by atoms with Crippen molar-refractivity contribution in [2.75, 3.05) is 6.66 Å². The van der Waals surface area contributed by atoms with E-state index in [0.717, 1.165) is 0 Å². The molecule has 68 valence electrons. The van der Waals surface area contributed by atoms with E-state index in [1.807, 2.05) is 0 Å². The van der Waals surface area contributed by atoms with Crippen LogP contribution >= 0.6 is 8.30 Å². The van der Waals surface area contributed by atoms with Crippen LogP contribution in [-0.4, -0.2) is 28.7 Å². The molecule has 0 aliphatic carbocycles. The van der Waals surface area contributed by atoms with Crippen molar-refractivity contribution in [2.24, 2.45) is 0 Å². The van der Waals surface area contributed by atoms with E-state index in [1.54, 1.807) is 6.66 Å². The Labute approximate surface area is 70.6 Å². The summed E-state index contributed by atoms with van der Waals surface area (Å²) in [5.74, 6) is 0. The maximum Gasteiger partial charge on any atom is 0.109 e. The third-order valence-corrected chi connectivity index (χ3v) is 1.89. The van der Waals surface area contributed by atoms with Gasteiger partial charge in [0.1, 0.15) is 8.30 Å². The Hall–Kier alpha value is 0.310. The van der Waals surface area contributed by atoms with Crippen molar-refractivity contribution in [1.82, 2.24) is 10.2 Å². The van der Waals surface area contributed by atoms with Gasteiger partial charge in [-0.1, -0.05) is 0 Å². The third-order valence-electron chi connectivity index (χ3n) is 1.37. The third kappa shape index (κ3) is 4.70. The molecule has 0 aliphatic rings. The summed E-state index contributed by atoms with van der Waals surface area (Å²) in [7, 11) is -1.03. The molecule has 1 atom stereocenters. The molecule has 0 saturated heterocycles. The molecule has 0 spiro atoms. The number of hydrazine groups is 1. The van der Waals surface area contributed by atoms with Gasteiger partial charge in [-0.15, -0.1) is 0 Å². The molecule has 0 aromatic heterocycles. The van der Waals surface area contributed by atoms with Crippen molar-refractivity contribution in [2.45, 2.75) is 39.8 Å². The van der Waals surface area contributed by atoms with Crippen molar-refractivity contribution in [3.05, 3.63) is 0 Å². The lowest BCUT2D eigenvalue weighted by Crippen LogP contribution is -2.44. The first-order valence-corrected chi connectivity index (χ1v) is 5.66. The SMILES string of the molecule is CC(C)N(NP(C)O)C(C)C. The van der Waals surface area contributed by atoms with Gasteiger partial charge in [0.05, 0.1) is 0 Å². The number of nitrogens with zero attached hydrogens (tertiary/aromatic N) is 1. The highest BCUT2D eigenvalue weighted by molar-refractivity contribution is 7.48. The van der Waals surface area contributed by atoms with Crippen LogP contribution in [0, 0.1) is 0 Å². The molecule has 2 N–H and O–H groups in total. The summed E-state index contributed by atoms with van der Waals surface area (Å²) in [4.78, 5) is 9.13. The lowest BCUT2D eigenvalue weighted by atomic mass is 10.3. The highest BCUT2D eigenvalue weighted by Crippen LogP contribution is 2.19. The second-order valence-electron chi connectivity index (χ2n) is 3.22. The summed E-state index contributed by atoms with van der Waals surface area (Å²) in [6, 6.07) is 0.846. The van der Waals surface area contributed by atoms with Crippen LogP contribution in [0.25, 0.3) is 0 Å². The minimum absolute atomic E-state index is 0.423. The van der Waals surface area contributed by atoms with Crippen molar-refractivity contribution < 1.29 is 4.89 Å². The summed E-state index contributed by atoms with van der Waals surface area (Å²) in [6.45, 7) is 10.2. The largest absolute Gasteiger partial charge is 0.358 e. The summed E-state index contributed by atoms with van der Waals surface area (Å²) in [6.07, 6.45) is 0. The van der Waals surface area contributed by atoms with E-state index in [4.69, 9.17) is 4.89 Å².